The summed E-state index contributed by atoms with van der Waals surface area (Å²) < 4.78 is 13.6. The molecule has 4 amide bonds. The predicted molar refractivity (Wildman–Crippen MR) is 207 cm³/mol. The van der Waals surface area contributed by atoms with Crippen molar-refractivity contribution in [2.24, 2.45) is 0 Å². The number of benzene rings is 5. The van der Waals surface area contributed by atoms with E-state index < -0.39 is 34.7 Å². The van der Waals surface area contributed by atoms with Gasteiger partial charge in [0.2, 0.25) is 5.91 Å². The second-order valence-electron chi connectivity index (χ2n) is 12.5. The highest BCUT2D eigenvalue weighted by Crippen LogP contribution is 2.35. The second-order valence-corrected chi connectivity index (χ2v) is 14.8. The van der Waals surface area contributed by atoms with Gasteiger partial charge in [0.25, 0.3) is 17.1 Å². The summed E-state index contributed by atoms with van der Waals surface area (Å²) in [5.74, 6) is -1.53. The molecule has 2 saturated heterocycles. The molecule has 0 bridgehead atoms. The molecule has 2 atom stereocenters. The Hall–Kier alpha value is -5.78. The van der Waals surface area contributed by atoms with Gasteiger partial charge in [0.1, 0.15) is 11.9 Å². The van der Waals surface area contributed by atoms with E-state index in [-0.39, 0.29) is 39.3 Å². The maximum Gasteiger partial charge on any atom is 0.290 e. The highest BCUT2D eigenvalue weighted by Gasteiger charge is 2.41. The first-order chi connectivity index (χ1) is 25.7. The van der Waals surface area contributed by atoms with Crippen LogP contribution in [0, 0.1) is 5.82 Å². The third-order valence-electron chi connectivity index (χ3n) is 9.03. The number of halogens is 1. The van der Waals surface area contributed by atoms with Gasteiger partial charge in [-0.2, -0.15) is 11.8 Å². The molecular weight excluding hydrogens is 710 g/mol. The molecule has 5 aromatic carbocycles. The van der Waals surface area contributed by atoms with Crippen LogP contribution in [-0.4, -0.2) is 51.5 Å². The lowest BCUT2D eigenvalue weighted by atomic mass is 9.97. The Bertz CT molecular complexity index is 2240. The van der Waals surface area contributed by atoms with Gasteiger partial charge in [-0.15, -0.1) is 0 Å². The summed E-state index contributed by atoms with van der Waals surface area (Å²) in [4.78, 5) is 67.3. The number of rotatable bonds is 10. The molecule has 11 heteroatoms. The molecule has 0 spiro atoms. The molecule has 0 unspecified atom stereocenters. The van der Waals surface area contributed by atoms with E-state index in [1.807, 2.05) is 30.3 Å². The van der Waals surface area contributed by atoms with Crippen molar-refractivity contribution < 1.29 is 28.4 Å². The van der Waals surface area contributed by atoms with Crippen molar-refractivity contribution in [3.63, 3.8) is 0 Å². The minimum Gasteiger partial charge on any atom is -0.325 e. The third kappa shape index (κ3) is 8.16. The standard InChI is InChI=1S/C42H32FN3O5S2/c43-30-18-16-28(17-19-30)38(47)34-12-6-7-13-35(34)41(50)46-24-32(52-25-29-10-4-5-11-33(29)27-8-2-1-3-9-27)23-36(46)39(48)44-31-20-14-26(15-21-31)22-37-40(49)45-42(51)53-37/h1-22,32,36H,23-25H2,(H,44,48)(H,45,49,51)/b37-22-/t32-,36+/m1/s1. The van der Waals surface area contributed by atoms with E-state index in [4.69, 9.17) is 0 Å². The summed E-state index contributed by atoms with van der Waals surface area (Å²) in [7, 11) is 0. The van der Waals surface area contributed by atoms with E-state index in [0.29, 0.717) is 23.4 Å². The van der Waals surface area contributed by atoms with Crippen molar-refractivity contribution in [1.29, 1.82) is 0 Å². The number of anilines is 1. The van der Waals surface area contributed by atoms with Crippen LogP contribution < -0.4 is 10.6 Å². The lowest BCUT2D eigenvalue weighted by molar-refractivity contribution is -0.119. The molecule has 53 heavy (non-hydrogen) atoms. The Balaban J connectivity index is 1.13. The number of ketones is 1. The van der Waals surface area contributed by atoms with E-state index in [2.05, 4.69) is 34.9 Å². The first-order valence-corrected chi connectivity index (χ1v) is 18.7. The van der Waals surface area contributed by atoms with Gasteiger partial charge >= 0.3 is 0 Å². The van der Waals surface area contributed by atoms with Gasteiger partial charge in [-0.1, -0.05) is 84.9 Å². The third-order valence-corrected chi connectivity index (χ3v) is 11.1. The van der Waals surface area contributed by atoms with E-state index >= 15 is 0 Å². The normalized spacial score (nSPS) is 17.5. The summed E-state index contributed by atoms with van der Waals surface area (Å²) in [5.41, 5.74) is 5.08. The highest BCUT2D eigenvalue weighted by atomic mass is 32.2. The van der Waals surface area contributed by atoms with Gasteiger partial charge in [0, 0.05) is 34.4 Å². The zero-order valence-corrected chi connectivity index (χ0v) is 29.8. The minimum atomic E-state index is -0.843. The predicted octanol–water partition coefficient (Wildman–Crippen LogP) is 8.20. The van der Waals surface area contributed by atoms with Gasteiger partial charge in [-0.25, -0.2) is 4.39 Å². The molecule has 7 rings (SSSR count). The van der Waals surface area contributed by atoms with Crippen LogP contribution >= 0.6 is 23.5 Å². The van der Waals surface area contributed by atoms with Crippen LogP contribution in [0.5, 0.6) is 0 Å². The van der Waals surface area contributed by atoms with Crippen LogP contribution in [0.3, 0.4) is 0 Å². The number of thioether (sulfide) groups is 2. The fourth-order valence-electron chi connectivity index (χ4n) is 6.38. The zero-order chi connectivity index (χ0) is 36.9. The van der Waals surface area contributed by atoms with Crippen molar-refractivity contribution in [2.45, 2.75) is 23.5 Å². The molecule has 2 aliphatic rings. The SMILES string of the molecule is O=C1NC(=O)/C(=C/c2ccc(NC(=O)[C@@H]3C[C@@H](SCc4ccccc4-c4ccccc4)CN3C(=O)c3ccccc3C(=O)c3ccc(F)cc3)cc2)S1. The largest absolute Gasteiger partial charge is 0.325 e. The molecule has 264 valence electrons. The maximum atomic E-state index is 14.4. The number of hydrogen-bond donors (Lipinski definition) is 2. The minimum absolute atomic E-state index is 0.0924. The molecule has 2 aliphatic heterocycles. The Morgan fingerprint density at radius 2 is 1.51 bits per heavy atom. The van der Waals surface area contributed by atoms with E-state index in [9.17, 15) is 28.4 Å². The van der Waals surface area contributed by atoms with Gasteiger partial charge in [0.05, 0.1) is 10.5 Å². The van der Waals surface area contributed by atoms with Crippen LogP contribution in [0.15, 0.2) is 132 Å². The Labute approximate surface area is 313 Å². The molecule has 8 nitrogen and oxygen atoms in total. The Morgan fingerprint density at radius 3 is 2.23 bits per heavy atom. The average Bonchev–Trinajstić information content (AvgIpc) is 3.76. The summed E-state index contributed by atoms with van der Waals surface area (Å²) in [6, 6.07) is 35.9. The van der Waals surface area contributed by atoms with Gasteiger partial charge < -0.3 is 10.2 Å². The molecule has 5 aromatic rings. The quantitative estimate of drug-likeness (QED) is 0.110. The molecule has 2 heterocycles. The van der Waals surface area contributed by atoms with Gasteiger partial charge in [-0.3, -0.25) is 29.3 Å². The Morgan fingerprint density at radius 1 is 0.830 bits per heavy atom. The molecular formula is C42H32FN3O5S2. The Kier molecular flexibility index (Phi) is 10.7. The fourth-order valence-corrected chi connectivity index (χ4v) is 8.32. The number of carbonyl (C=O) groups excluding carboxylic acids is 5. The first kappa shape index (κ1) is 35.6. The number of hydrogen-bond acceptors (Lipinski definition) is 7. The second kappa shape index (κ2) is 15.9. The van der Waals surface area contributed by atoms with E-state index in [1.54, 1.807) is 71.3 Å². The summed E-state index contributed by atoms with van der Waals surface area (Å²) >= 11 is 2.50. The topological polar surface area (TPSA) is 113 Å². The number of carbonyl (C=O) groups is 5. The van der Waals surface area contributed by atoms with Crippen LogP contribution in [0.25, 0.3) is 17.2 Å². The van der Waals surface area contributed by atoms with Crippen molar-refractivity contribution >= 4 is 64.0 Å². The van der Waals surface area contributed by atoms with Crippen molar-refractivity contribution in [2.75, 3.05) is 11.9 Å². The lowest BCUT2D eigenvalue weighted by Crippen LogP contribution is -2.43. The average molecular weight is 742 g/mol. The highest BCUT2D eigenvalue weighted by molar-refractivity contribution is 8.18. The van der Waals surface area contributed by atoms with Crippen molar-refractivity contribution in [3.8, 4) is 11.1 Å². The summed E-state index contributed by atoms with van der Waals surface area (Å²) in [6.45, 7) is 0.277. The first-order valence-electron chi connectivity index (χ1n) is 16.8. The van der Waals surface area contributed by atoms with E-state index in [1.165, 1.54) is 24.3 Å². The summed E-state index contributed by atoms with van der Waals surface area (Å²) in [5, 5.41) is 4.65. The van der Waals surface area contributed by atoms with Crippen LogP contribution in [0.2, 0.25) is 0 Å². The van der Waals surface area contributed by atoms with Crippen LogP contribution in [-0.2, 0) is 15.3 Å². The molecule has 2 fully saturated rings. The monoisotopic (exact) mass is 741 g/mol. The van der Waals surface area contributed by atoms with Crippen molar-refractivity contribution in [1.82, 2.24) is 10.2 Å². The summed E-state index contributed by atoms with van der Waals surface area (Å²) in [6.07, 6.45) is 1.98. The molecule has 2 N–H and O–H groups in total. The number of imide groups is 1. The molecule has 0 saturated carbocycles. The number of likely N-dealkylation sites (tertiary alicyclic amines) is 1. The van der Waals surface area contributed by atoms with Gasteiger partial charge in [0.15, 0.2) is 5.78 Å². The molecule has 0 aliphatic carbocycles. The fraction of sp³-hybridized carbons (Fsp3) is 0.119. The van der Waals surface area contributed by atoms with Crippen LogP contribution in [0.4, 0.5) is 14.9 Å². The van der Waals surface area contributed by atoms with Crippen molar-refractivity contribution in [3.05, 3.63) is 166 Å². The number of amides is 4. The molecule has 0 aromatic heterocycles. The van der Waals surface area contributed by atoms with E-state index in [0.717, 1.165) is 28.5 Å². The number of nitrogens with zero attached hydrogens (tertiary/aromatic N) is 1. The lowest BCUT2D eigenvalue weighted by Gasteiger charge is -2.25. The molecule has 0 radical (unpaired) electrons. The zero-order valence-electron chi connectivity index (χ0n) is 28.2. The maximum absolute atomic E-state index is 14.4. The van der Waals surface area contributed by atoms with Crippen LogP contribution in [0.1, 0.15) is 43.8 Å². The number of nitrogens with one attached hydrogen (secondary N) is 2. The smallest absolute Gasteiger partial charge is 0.290 e. The van der Waals surface area contributed by atoms with Gasteiger partial charge in [-0.05, 0) is 89.0 Å².